The molecule has 0 amide bonds. The lowest BCUT2D eigenvalue weighted by Crippen LogP contribution is -2.10. The molecule has 2 nitrogen and oxygen atoms in total. The largest absolute Gasteiger partial charge is 0.303 e. The molecule has 0 atom stereocenters. The van der Waals surface area contributed by atoms with Gasteiger partial charge in [-0.25, -0.2) is 0 Å². The van der Waals surface area contributed by atoms with Gasteiger partial charge in [-0.05, 0) is 24.0 Å². The average Bonchev–Trinajstić information content (AvgIpc) is 2.18. The van der Waals surface area contributed by atoms with Crippen molar-refractivity contribution in [3.8, 4) is 0 Å². The van der Waals surface area contributed by atoms with E-state index in [0.717, 1.165) is 35.8 Å². The standard InChI is InChI=1S/C12H12O2/c13-7-6-9-4-5-11-10(8-9)2-1-3-12(11)14/h4-5,7-8H,1-3,6H2. The van der Waals surface area contributed by atoms with E-state index in [1.54, 1.807) is 0 Å². The lowest BCUT2D eigenvalue weighted by molar-refractivity contribution is -0.107. The molecule has 1 aromatic rings. The molecule has 2 rings (SSSR count). The van der Waals surface area contributed by atoms with Crippen molar-refractivity contribution < 1.29 is 9.59 Å². The molecule has 0 spiro atoms. The maximum Gasteiger partial charge on any atom is 0.163 e. The molecule has 2 heteroatoms. The van der Waals surface area contributed by atoms with Crippen molar-refractivity contribution in [1.82, 2.24) is 0 Å². The van der Waals surface area contributed by atoms with Gasteiger partial charge in [-0.1, -0.05) is 18.2 Å². The predicted octanol–water partition coefficient (Wildman–Crippen LogP) is 1.95. The highest BCUT2D eigenvalue weighted by molar-refractivity contribution is 5.98. The second kappa shape index (κ2) is 3.74. The Bertz CT molecular complexity index is 380. The van der Waals surface area contributed by atoms with Crippen molar-refractivity contribution in [3.63, 3.8) is 0 Å². The van der Waals surface area contributed by atoms with Crippen LogP contribution < -0.4 is 0 Å². The Hall–Kier alpha value is -1.44. The number of benzene rings is 1. The van der Waals surface area contributed by atoms with E-state index in [-0.39, 0.29) is 5.78 Å². The highest BCUT2D eigenvalue weighted by Crippen LogP contribution is 2.22. The van der Waals surface area contributed by atoms with Gasteiger partial charge in [0.25, 0.3) is 0 Å². The van der Waals surface area contributed by atoms with Gasteiger partial charge in [0.1, 0.15) is 6.29 Å². The molecule has 0 fully saturated rings. The van der Waals surface area contributed by atoms with Crippen LogP contribution in [0.5, 0.6) is 0 Å². The number of hydrogen-bond donors (Lipinski definition) is 0. The summed E-state index contributed by atoms with van der Waals surface area (Å²) < 4.78 is 0. The maximum absolute atomic E-state index is 11.5. The minimum atomic E-state index is 0.240. The number of aldehydes is 1. The molecular formula is C12H12O2. The van der Waals surface area contributed by atoms with Gasteiger partial charge >= 0.3 is 0 Å². The normalized spacial score (nSPS) is 15.0. The van der Waals surface area contributed by atoms with Crippen LogP contribution in [0.4, 0.5) is 0 Å². The van der Waals surface area contributed by atoms with E-state index in [4.69, 9.17) is 0 Å². The van der Waals surface area contributed by atoms with Gasteiger partial charge in [-0.2, -0.15) is 0 Å². The molecule has 1 aliphatic rings. The number of Topliss-reactive ketones (excluding diaryl/α,β-unsaturated/α-hetero) is 1. The number of rotatable bonds is 2. The van der Waals surface area contributed by atoms with E-state index in [1.807, 2.05) is 18.2 Å². The van der Waals surface area contributed by atoms with Crippen molar-refractivity contribution in [2.75, 3.05) is 0 Å². The lowest BCUT2D eigenvalue weighted by atomic mass is 9.89. The van der Waals surface area contributed by atoms with Crippen LogP contribution in [0.15, 0.2) is 18.2 Å². The fourth-order valence-corrected chi connectivity index (χ4v) is 1.92. The van der Waals surface area contributed by atoms with E-state index in [1.165, 1.54) is 0 Å². The first-order valence-electron chi connectivity index (χ1n) is 4.90. The average molecular weight is 188 g/mol. The quantitative estimate of drug-likeness (QED) is 0.665. The molecule has 72 valence electrons. The third-order valence-electron chi connectivity index (χ3n) is 2.64. The van der Waals surface area contributed by atoms with Crippen molar-refractivity contribution in [2.45, 2.75) is 25.7 Å². The van der Waals surface area contributed by atoms with Crippen LogP contribution >= 0.6 is 0 Å². The monoisotopic (exact) mass is 188 g/mol. The summed E-state index contributed by atoms with van der Waals surface area (Å²) in [5.41, 5.74) is 2.97. The summed E-state index contributed by atoms with van der Waals surface area (Å²) in [5, 5.41) is 0. The van der Waals surface area contributed by atoms with E-state index in [9.17, 15) is 9.59 Å². The summed E-state index contributed by atoms with van der Waals surface area (Å²) >= 11 is 0. The minimum absolute atomic E-state index is 0.240. The molecule has 0 radical (unpaired) electrons. The van der Waals surface area contributed by atoms with Crippen LogP contribution in [0.1, 0.15) is 34.3 Å². The van der Waals surface area contributed by atoms with Crippen molar-refractivity contribution in [1.29, 1.82) is 0 Å². The first-order chi connectivity index (χ1) is 6.81. The van der Waals surface area contributed by atoms with Gasteiger partial charge in [0, 0.05) is 18.4 Å². The SMILES string of the molecule is O=CCc1ccc2c(c1)CCCC2=O. The first kappa shape index (κ1) is 9.13. The minimum Gasteiger partial charge on any atom is -0.303 e. The van der Waals surface area contributed by atoms with E-state index in [0.29, 0.717) is 12.8 Å². The molecule has 0 heterocycles. The van der Waals surface area contributed by atoms with Gasteiger partial charge in [0.05, 0.1) is 0 Å². The Morgan fingerprint density at radius 2 is 2.14 bits per heavy atom. The summed E-state index contributed by atoms with van der Waals surface area (Å²) in [5.74, 6) is 0.240. The number of fused-ring (bicyclic) bond motifs is 1. The van der Waals surface area contributed by atoms with E-state index >= 15 is 0 Å². The van der Waals surface area contributed by atoms with Gasteiger partial charge in [-0.3, -0.25) is 4.79 Å². The molecular weight excluding hydrogens is 176 g/mol. The molecule has 0 saturated heterocycles. The zero-order chi connectivity index (χ0) is 9.97. The number of hydrogen-bond acceptors (Lipinski definition) is 2. The van der Waals surface area contributed by atoms with Crippen LogP contribution in [-0.4, -0.2) is 12.1 Å². The highest BCUT2D eigenvalue weighted by atomic mass is 16.1. The summed E-state index contributed by atoms with van der Waals surface area (Å²) in [6, 6.07) is 5.72. The number of carbonyl (C=O) groups is 2. The predicted molar refractivity (Wildman–Crippen MR) is 53.5 cm³/mol. The fraction of sp³-hybridized carbons (Fsp3) is 0.333. The summed E-state index contributed by atoms with van der Waals surface area (Å²) in [6.45, 7) is 0. The molecule has 0 N–H and O–H groups in total. The van der Waals surface area contributed by atoms with Crippen LogP contribution in [0, 0.1) is 0 Å². The second-order valence-corrected chi connectivity index (χ2v) is 3.64. The molecule has 14 heavy (non-hydrogen) atoms. The van der Waals surface area contributed by atoms with Crippen LogP contribution in [0.3, 0.4) is 0 Å². The Kier molecular flexibility index (Phi) is 2.44. The van der Waals surface area contributed by atoms with Crippen molar-refractivity contribution in [3.05, 3.63) is 34.9 Å². The number of ketones is 1. The molecule has 0 aliphatic heterocycles. The number of carbonyl (C=O) groups excluding carboxylic acids is 2. The van der Waals surface area contributed by atoms with Crippen molar-refractivity contribution in [2.24, 2.45) is 0 Å². The highest BCUT2D eigenvalue weighted by Gasteiger charge is 2.16. The molecule has 0 bridgehead atoms. The molecule has 1 aliphatic carbocycles. The summed E-state index contributed by atoms with van der Waals surface area (Å²) in [4.78, 5) is 21.8. The summed E-state index contributed by atoms with van der Waals surface area (Å²) in [6.07, 6.45) is 3.91. The van der Waals surface area contributed by atoms with Crippen molar-refractivity contribution >= 4 is 12.1 Å². The van der Waals surface area contributed by atoms with Crippen LogP contribution in [0.25, 0.3) is 0 Å². The molecule has 0 unspecified atom stereocenters. The molecule has 0 saturated carbocycles. The third-order valence-corrected chi connectivity index (χ3v) is 2.64. The third kappa shape index (κ3) is 1.60. The van der Waals surface area contributed by atoms with E-state index in [2.05, 4.69) is 0 Å². The zero-order valence-corrected chi connectivity index (χ0v) is 7.95. The maximum atomic E-state index is 11.5. The zero-order valence-electron chi connectivity index (χ0n) is 7.95. The van der Waals surface area contributed by atoms with Crippen LogP contribution in [0.2, 0.25) is 0 Å². The Labute approximate surface area is 82.9 Å². The number of aryl methyl sites for hydroxylation is 1. The fourth-order valence-electron chi connectivity index (χ4n) is 1.92. The van der Waals surface area contributed by atoms with E-state index < -0.39 is 0 Å². The Balaban J connectivity index is 2.38. The Morgan fingerprint density at radius 3 is 2.93 bits per heavy atom. The molecule has 0 aromatic heterocycles. The second-order valence-electron chi connectivity index (χ2n) is 3.64. The van der Waals surface area contributed by atoms with Gasteiger partial charge in [0.15, 0.2) is 5.78 Å². The molecule has 1 aromatic carbocycles. The van der Waals surface area contributed by atoms with Crippen LogP contribution in [-0.2, 0) is 17.6 Å². The lowest BCUT2D eigenvalue weighted by Gasteiger charge is -2.14. The Morgan fingerprint density at radius 1 is 1.29 bits per heavy atom. The van der Waals surface area contributed by atoms with Gasteiger partial charge < -0.3 is 4.79 Å². The van der Waals surface area contributed by atoms with Gasteiger partial charge in [-0.15, -0.1) is 0 Å². The van der Waals surface area contributed by atoms with Gasteiger partial charge in [0.2, 0.25) is 0 Å². The first-order valence-corrected chi connectivity index (χ1v) is 4.90. The smallest absolute Gasteiger partial charge is 0.163 e. The topological polar surface area (TPSA) is 34.1 Å². The summed E-state index contributed by atoms with van der Waals surface area (Å²) in [7, 11) is 0.